The zero-order valence-corrected chi connectivity index (χ0v) is 14.9. The number of amides is 1. The topological polar surface area (TPSA) is 43.6 Å². The van der Waals surface area contributed by atoms with E-state index in [0.717, 1.165) is 10.6 Å². The summed E-state index contributed by atoms with van der Waals surface area (Å²) in [5.74, 6) is 0.438. The van der Waals surface area contributed by atoms with Crippen LogP contribution in [0.3, 0.4) is 0 Å². The molecule has 0 spiro atoms. The summed E-state index contributed by atoms with van der Waals surface area (Å²) in [6.07, 6.45) is 1.95. The van der Waals surface area contributed by atoms with Crippen LogP contribution in [0.5, 0.6) is 5.75 Å². The molecule has 0 N–H and O–H groups in total. The number of halogens is 1. The minimum atomic E-state index is -0.507. The fourth-order valence-corrected chi connectivity index (χ4v) is 2.80. The first-order valence-corrected chi connectivity index (χ1v) is 8.04. The molecule has 6 heteroatoms. The number of rotatable bonds is 2. The number of ether oxygens (including phenoxy) is 1. The molecule has 0 saturated heterocycles. The van der Waals surface area contributed by atoms with Crippen molar-refractivity contribution in [3.8, 4) is 11.4 Å². The van der Waals surface area contributed by atoms with Gasteiger partial charge in [0, 0.05) is 22.6 Å². The molecular formula is C16H19ClN2O2S. The zero-order valence-electron chi connectivity index (χ0n) is 13.3. The van der Waals surface area contributed by atoms with Gasteiger partial charge in [0.25, 0.3) is 5.91 Å². The van der Waals surface area contributed by atoms with E-state index in [1.54, 1.807) is 13.2 Å². The molecule has 0 aliphatic rings. The standard InChI is InChI=1S/C16H19ClN2O2S/c1-10-9-19(11-6-7-12(17)13(8-11)21-5)15(22-10)18-14(20)16(2,3)4/h6-9H,1-5H3/b18-15-. The van der Waals surface area contributed by atoms with E-state index in [0.29, 0.717) is 15.6 Å². The Morgan fingerprint density at radius 1 is 1.36 bits per heavy atom. The third-order valence-corrected chi connectivity index (χ3v) is 4.23. The molecule has 2 rings (SSSR count). The maximum absolute atomic E-state index is 12.2. The van der Waals surface area contributed by atoms with Gasteiger partial charge in [0.2, 0.25) is 0 Å². The number of carbonyl (C=O) groups excluding carboxylic acids is 1. The second kappa shape index (κ2) is 6.26. The molecule has 1 aromatic carbocycles. The molecular weight excluding hydrogens is 320 g/mol. The van der Waals surface area contributed by atoms with Crippen molar-refractivity contribution in [2.75, 3.05) is 7.11 Å². The fourth-order valence-electron chi connectivity index (χ4n) is 1.77. The van der Waals surface area contributed by atoms with Gasteiger partial charge in [-0.3, -0.25) is 9.36 Å². The highest BCUT2D eigenvalue weighted by Crippen LogP contribution is 2.26. The van der Waals surface area contributed by atoms with Crippen LogP contribution in [0, 0.1) is 12.3 Å². The van der Waals surface area contributed by atoms with Gasteiger partial charge < -0.3 is 4.74 Å². The molecule has 1 amide bonds. The van der Waals surface area contributed by atoms with Gasteiger partial charge in [0.1, 0.15) is 5.75 Å². The first-order valence-electron chi connectivity index (χ1n) is 6.84. The monoisotopic (exact) mass is 338 g/mol. The van der Waals surface area contributed by atoms with E-state index in [4.69, 9.17) is 16.3 Å². The van der Waals surface area contributed by atoms with Gasteiger partial charge >= 0.3 is 0 Å². The average molecular weight is 339 g/mol. The second-order valence-electron chi connectivity index (χ2n) is 5.98. The number of hydrogen-bond donors (Lipinski definition) is 0. The van der Waals surface area contributed by atoms with Crippen LogP contribution in [-0.2, 0) is 4.79 Å². The Hall–Kier alpha value is -1.59. The summed E-state index contributed by atoms with van der Waals surface area (Å²) < 4.78 is 7.13. The summed E-state index contributed by atoms with van der Waals surface area (Å²) >= 11 is 7.54. The molecule has 4 nitrogen and oxygen atoms in total. The van der Waals surface area contributed by atoms with E-state index < -0.39 is 5.41 Å². The van der Waals surface area contributed by atoms with Crippen molar-refractivity contribution in [1.29, 1.82) is 0 Å². The number of thiazole rings is 1. The Morgan fingerprint density at radius 2 is 2.05 bits per heavy atom. The number of benzene rings is 1. The van der Waals surface area contributed by atoms with Gasteiger partial charge in [0.15, 0.2) is 4.80 Å². The lowest BCUT2D eigenvalue weighted by Gasteiger charge is -2.12. The van der Waals surface area contributed by atoms with E-state index in [1.807, 2.05) is 50.6 Å². The number of aromatic nitrogens is 1. The highest BCUT2D eigenvalue weighted by atomic mass is 35.5. The molecule has 0 unspecified atom stereocenters. The lowest BCUT2D eigenvalue weighted by atomic mass is 9.96. The van der Waals surface area contributed by atoms with Crippen molar-refractivity contribution in [3.63, 3.8) is 0 Å². The van der Waals surface area contributed by atoms with Crippen LogP contribution in [0.4, 0.5) is 0 Å². The first kappa shape index (κ1) is 16.8. The minimum Gasteiger partial charge on any atom is -0.495 e. The molecule has 2 aromatic rings. The van der Waals surface area contributed by atoms with Crippen LogP contribution in [0.15, 0.2) is 29.4 Å². The van der Waals surface area contributed by atoms with Crippen LogP contribution >= 0.6 is 22.9 Å². The normalized spacial score (nSPS) is 12.5. The van der Waals surface area contributed by atoms with Crippen molar-refractivity contribution in [3.05, 3.63) is 39.1 Å². The van der Waals surface area contributed by atoms with Crippen molar-refractivity contribution in [1.82, 2.24) is 4.57 Å². The molecule has 0 aliphatic heterocycles. The van der Waals surface area contributed by atoms with Crippen LogP contribution in [0.1, 0.15) is 25.6 Å². The maximum atomic E-state index is 12.2. The lowest BCUT2D eigenvalue weighted by molar-refractivity contribution is -0.125. The van der Waals surface area contributed by atoms with Crippen LogP contribution in [0.2, 0.25) is 5.02 Å². The number of methoxy groups -OCH3 is 1. The Kier molecular flexibility index (Phi) is 4.78. The van der Waals surface area contributed by atoms with Crippen molar-refractivity contribution in [2.45, 2.75) is 27.7 Å². The van der Waals surface area contributed by atoms with E-state index in [1.165, 1.54) is 11.3 Å². The van der Waals surface area contributed by atoms with E-state index >= 15 is 0 Å². The number of carbonyl (C=O) groups is 1. The number of aryl methyl sites for hydroxylation is 1. The molecule has 0 radical (unpaired) electrons. The quantitative estimate of drug-likeness (QED) is 0.831. The molecule has 0 fully saturated rings. The molecule has 22 heavy (non-hydrogen) atoms. The summed E-state index contributed by atoms with van der Waals surface area (Å²) in [5.41, 5.74) is 0.346. The summed E-state index contributed by atoms with van der Waals surface area (Å²) in [6, 6.07) is 5.47. The van der Waals surface area contributed by atoms with Crippen LogP contribution in [-0.4, -0.2) is 17.6 Å². The van der Waals surface area contributed by atoms with Gasteiger partial charge in [-0.1, -0.05) is 32.4 Å². The summed E-state index contributed by atoms with van der Waals surface area (Å²) in [5, 5.41) is 0.544. The van der Waals surface area contributed by atoms with Crippen molar-refractivity contribution >= 4 is 28.8 Å². The lowest BCUT2D eigenvalue weighted by Crippen LogP contribution is -2.22. The minimum absolute atomic E-state index is 0.149. The largest absolute Gasteiger partial charge is 0.495 e. The van der Waals surface area contributed by atoms with E-state index in [9.17, 15) is 4.79 Å². The Bertz CT molecular complexity index is 769. The van der Waals surface area contributed by atoms with Crippen LogP contribution < -0.4 is 9.54 Å². The van der Waals surface area contributed by atoms with Crippen molar-refractivity contribution < 1.29 is 9.53 Å². The van der Waals surface area contributed by atoms with Gasteiger partial charge in [-0.25, -0.2) is 0 Å². The number of nitrogens with zero attached hydrogens (tertiary/aromatic N) is 2. The van der Waals surface area contributed by atoms with Crippen LogP contribution in [0.25, 0.3) is 5.69 Å². The van der Waals surface area contributed by atoms with Gasteiger partial charge in [-0.2, -0.15) is 4.99 Å². The molecule has 0 bridgehead atoms. The molecule has 0 saturated carbocycles. The summed E-state index contributed by atoms with van der Waals surface area (Å²) in [6.45, 7) is 7.55. The van der Waals surface area contributed by atoms with Gasteiger partial charge in [0.05, 0.1) is 17.8 Å². The van der Waals surface area contributed by atoms with E-state index in [-0.39, 0.29) is 5.91 Å². The van der Waals surface area contributed by atoms with Gasteiger partial charge in [-0.05, 0) is 19.1 Å². The van der Waals surface area contributed by atoms with Gasteiger partial charge in [-0.15, -0.1) is 11.3 Å². The SMILES string of the molecule is COc1cc(-n2cc(C)s/c2=N\C(=O)C(C)(C)C)ccc1Cl. The molecule has 1 aromatic heterocycles. The molecule has 0 atom stereocenters. The maximum Gasteiger partial charge on any atom is 0.253 e. The van der Waals surface area contributed by atoms with E-state index in [2.05, 4.69) is 4.99 Å². The zero-order chi connectivity index (χ0) is 16.5. The summed E-state index contributed by atoms with van der Waals surface area (Å²) in [7, 11) is 1.57. The Balaban J connectivity index is 2.58. The summed E-state index contributed by atoms with van der Waals surface area (Å²) in [4.78, 5) is 18.2. The second-order valence-corrected chi connectivity index (χ2v) is 7.60. The Labute approximate surface area is 139 Å². The van der Waals surface area contributed by atoms with Crippen molar-refractivity contribution in [2.24, 2.45) is 10.4 Å². The molecule has 0 aliphatic carbocycles. The third kappa shape index (κ3) is 3.59. The smallest absolute Gasteiger partial charge is 0.253 e. The highest BCUT2D eigenvalue weighted by molar-refractivity contribution is 7.09. The first-order chi connectivity index (χ1) is 10.2. The number of hydrogen-bond acceptors (Lipinski definition) is 3. The predicted molar refractivity (Wildman–Crippen MR) is 90.0 cm³/mol. The third-order valence-electron chi connectivity index (χ3n) is 3.02. The Morgan fingerprint density at radius 3 is 2.64 bits per heavy atom. The predicted octanol–water partition coefficient (Wildman–Crippen LogP) is 3.98. The fraction of sp³-hybridized carbons (Fsp3) is 0.375. The molecule has 1 heterocycles. The molecule has 118 valence electrons. The highest BCUT2D eigenvalue weighted by Gasteiger charge is 2.21. The average Bonchev–Trinajstić information content (AvgIpc) is 2.79.